The highest BCUT2D eigenvalue weighted by molar-refractivity contribution is 6.05. The van der Waals surface area contributed by atoms with Gasteiger partial charge in [0.2, 0.25) is 0 Å². The summed E-state index contributed by atoms with van der Waals surface area (Å²) in [7, 11) is 2.06. The van der Waals surface area contributed by atoms with Gasteiger partial charge in [-0.25, -0.2) is 15.0 Å². The summed E-state index contributed by atoms with van der Waals surface area (Å²) in [5.41, 5.74) is 2.06. The van der Waals surface area contributed by atoms with Gasteiger partial charge in [-0.15, -0.1) is 13.2 Å². The predicted octanol–water partition coefficient (Wildman–Crippen LogP) is 3.44. The van der Waals surface area contributed by atoms with E-state index in [-0.39, 0.29) is 5.75 Å². The van der Waals surface area contributed by atoms with Crippen LogP contribution in [0.3, 0.4) is 0 Å². The fourth-order valence-corrected chi connectivity index (χ4v) is 3.45. The van der Waals surface area contributed by atoms with Gasteiger partial charge in [-0.1, -0.05) is 0 Å². The van der Waals surface area contributed by atoms with E-state index in [0.29, 0.717) is 11.3 Å². The number of carbonyl (C=O) groups excluding carboxylic acids is 1. The second kappa shape index (κ2) is 9.41. The number of aromatic nitrogens is 3. The second-order valence-corrected chi connectivity index (χ2v) is 7.54. The Hall–Kier alpha value is -3.73. The molecule has 0 unspecified atom stereocenters. The van der Waals surface area contributed by atoms with Gasteiger partial charge in [0.25, 0.3) is 5.91 Å². The molecule has 8 nitrogen and oxygen atoms in total. The normalized spacial score (nSPS) is 14.7. The van der Waals surface area contributed by atoms with Crippen molar-refractivity contribution in [3.05, 3.63) is 60.8 Å². The average molecular weight is 458 g/mol. The molecule has 0 saturated carbocycles. The molecule has 1 aromatic carbocycles. The van der Waals surface area contributed by atoms with Crippen LogP contribution in [0.15, 0.2) is 55.2 Å². The number of amides is 1. The number of halogens is 3. The van der Waals surface area contributed by atoms with Crippen molar-refractivity contribution in [1.82, 2.24) is 19.9 Å². The van der Waals surface area contributed by atoms with Crippen LogP contribution >= 0.6 is 0 Å². The number of benzene rings is 1. The highest BCUT2D eigenvalue weighted by atomic mass is 19.4. The van der Waals surface area contributed by atoms with E-state index in [1.807, 2.05) is 0 Å². The summed E-state index contributed by atoms with van der Waals surface area (Å²) in [4.78, 5) is 29.9. The fraction of sp³-hybridized carbons (Fsp3) is 0.273. The number of pyridine rings is 1. The van der Waals surface area contributed by atoms with Crippen molar-refractivity contribution < 1.29 is 22.7 Å². The maximum Gasteiger partial charge on any atom is 0.573 e. The molecule has 0 atom stereocenters. The van der Waals surface area contributed by atoms with E-state index >= 15 is 0 Å². The molecule has 1 saturated heterocycles. The third kappa shape index (κ3) is 5.75. The summed E-state index contributed by atoms with van der Waals surface area (Å²) in [6.45, 7) is 3.37. The first-order valence-corrected chi connectivity index (χ1v) is 10.1. The first-order chi connectivity index (χ1) is 15.8. The Morgan fingerprint density at radius 2 is 1.70 bits per heavy atom. The number of piperazine rings is 1. The van der Waals surface area contributed by atoms with Crippen LogP contribution in [0.4, 0.5) is 24.7 Å². The summed E-state index contributed by atoms with van der Waals surface area (Å²) >= 11 is 0. The molecule has 1 amide bonds. The molecule has 3 heterocycles. The molecule has 33 heavy (non-hydrogen) atoms. The third-order valence-electron chi connectivity index (χ3n) is 5.15. The number of hydrogen-bond acceptors (Lipinski definition) is 7. The van der Waals surface area contributed by atoms with E-state index in [1.165, 1.54) is 24.7 Å². The topological polar surface area (TPSA) is 83.5 Å². The second-order valence-electron chi connectivity index (χ2n) is 7.54. The van der Waals surface area contributed by atoms with Gasteiger partial charge in [0.05, 0.1) is 5.56 Å². The Labute approximate surface area is 188 Å². The highest BCUT2D eigenvalue weighted by Crippen LogP contribution is 2.30. The van der Waals surface area contributed by atoms with Gasteiger partial charge in [-0.3, -0.25) is 4.79 Å². The number of hydrogen-bond donors (Lipinski definition) is 1. The molecule has 0 aliphatic carbocycles. The van der Waals surface area contributed by atoms with E-state index in [2.05, 4.69) is 41.9 Å². The number of likely N-dealkylation sites (N-methyl/N-ethyl adjacent to an activating group) is 1. The van der Waals surface area contributed by atoms with Crippen LogP contribution in [-0.2, 0) is 0 Å². The monoisotopic (exact) mass is 458 g/mol. The fourth-order valence-electron chi connectivity index (χ4n) is 3.45. The SMILES string of the molecule is CN1CCN(c2ncc(C(=O)Nc3ccc(OC(F)(F)F)cc3)cc2-c2cncnc2)CC1. The molecule has 2 aromatic heterocycles. The highest BCUT2D eigenvalue weighted by Gasteiger charge is 2.31. The molecule has 1 aliphatic heterocycles. The largest absolute Gasteiger partial charge is 0.573 e. The molecular weight excluding hydrogens is 437 g/mol. The van der Waals surface area contributed by atoms with Crippen molar-refractivity contribution in [1.29, 1.82) is 0 Å². The number of ether oxygens (including phenoxy) is 1. The standard InChI is InChI=1S/C22H21F3N6O2/c1-30-6-8-31(9-7-30)20-19(16-11-26-14-27-12-16)10-15(13-28-20)21(32)29-17-2-4-18(5-3-17)33-22(23,24)25/h2-5,10-14H,6-9H2,1H3,(H,29,32). The quantitative estimate of drug-likeness (QED) is 0.627. The zero-order chi connectivity index (χ0) is 23.4. The molecule has 172 valence electrons. The zero-order valence-electron chi connectivity index (χ0n) is 17.7. The maximum atomic E-state index is 12.8. The minimum Gasteiger partial charge on any atom is -0.406 e. The minimum absolute atomic E-state index is 0.294. The van der Waals surface area contributed by atoms with Crippen LogP contribution in [0, 0.1) is 0 Å². The van der Waals surface area contributed by atoms with E-state index in [0.717, 1.165) is 55.3 Å². The lowest BCUT2D eigenvalue weighted by Crippen LogP contribution is -2.45. The van der Waals surface area contributed by atoms with E-state index in [4.69, 9.17) is 0 Å². The minimum atomic E-state index is -4.78. The number of anilines is 2. The maximum absolute atomic E-state index is 12.8. The molecular formula is C22H21F3N6O2. The van der Waals surface area contributed by atoms with Crippen molar-refractivity contribution >= 4 is 17.4 Å². The summed E-state index contributed by atoms with van der Waals surface area (Å²) < 4.78 is 40.8. The van der Waals surface area contributed by atoms with Crippen molar-refractivity contribution in [3.63, 3.8) is 0 Å². The van der Waals surface area contributed by atoms with E-state index < -0.39 is 12.3 Å². The van der Waals surface area contributed by atoms with Gasteiger partial charge < -0.3 is 19.9 Å². The Balaban J connectivity index is 1.57. The number of nitrogens with zero attached hydrogens (tertiary/aromatic N) is 5. The van der Waals surface area contributed by atoms with Gasteiger partial charge >= 0.3 is 6.36 Å². The average Bonchev–Trinajstić information content (AvgIpc) is 2.80. The molecule has 0 bridgehead atoms. The van der Waals surface area contributed by atoms with Crippen LogP contribution in [0.25, 0.3) is 11.1 Å². The Morgan fingerprint density at radius 3 is 2.33 bits per heavy atom. The first-order valence-electron chi connectivity index (χ1n) is 10.1. The zero-order valence-corrected chi connectivity index (χ0v) is 17.7. The molecule has 4 rings (SSSR count). The molecule has 11 heteroatoms. The van der Waals surface area contributed by atoms with Gasteiger partial charge in [0.15, 0.2) is 0 Å². The Bertz CT molecular complexity index is 1100. The molecule has 1 aliphatic rings. The van der Waals surface area contributed by atoms with Crippen molar-refractivity contribution in [2.24, 2.45) is 0 Å². The first kappa shape index (κ1) is 22.5. The lowest BCUT2D eigenvalue weighted by molar-refractivity contribution is -0.274. The smallest absolute Gasteiger partial charge is 0.406 e. The number of alkyl halides is 3. The van der Waals surface area contributed by atoms with Crippen LogP contribution in [0.1, 0.15) is 10.4 Å². The number of nitrogens with one attached hydrogen (secondary N) is 1. The van der Waals surface area contributed by atoms with Crippen molar-refractivity contribution in [3.8, 4) is 16.9 Å². The molecule has 0 spiro atoms. The van der Waals surface area contributed by atoms with Crippen molar-refractivity contribution in [2.45, 2.75) is 6.36 Å². The Kier molecular flexibility index (Phi) is 6.40. The lowest BCUT2D eigenvalue weighted by Gasteiger charge is -2.34. The lowest BCUT2D eigenvalue weighted by atomic mass is 10.1. The molecule has 3 aromatic rings. The summed E-state index contributed by atoms with van der Waals surface area (Å²) in [5.74, 6) is -0.0804. The summed E-state index contributed by atoms with van der Waals surface area (Å²) in [6.07, 6.45) is 1.45. The number of carbonyl (C=O) groups is 1. The Morgan fingerprint density at radius 1 is 1.03 bits per heavy atom. The van der Waals surface area contributed by atoms with Crippen LogP contribution < -0.4 is 15.0 Å². The van der Waals surface area contributed by atoms with Crippen LogP contribution in [-0.4, -0.2) is 65.3 Å². The third-order valence-corrected chi connectivity index (χ3v) is 5.15. The number of rotatable bonds is 5. The van der Waals surface area contributed by atoms with Crippen LogP contribution in [0.2, 0.25) is 0 Å². The molecule has 0 radical (unpaired) electrons. The van der Waals surface area contributed by atoms with Gasteiger partial charge in [0.1, 0.15) is 17.9 Å². The van der Waals surface area contributed by atoms with Gasteiger partial charge in [-0.05, 0) is 37.4 Å². The van der Waals surface area contributed by atoms with Crippen molar-refractivity contribution in [2.75, 3.05) is 43.4 Å². The van der Waals surface area contributed by atoms with Gasteiger partial charge in [-0.2, -0.15) is 0 Å². The summed E-state index contributed by atoms with van der Waals surface area (Å²) in [5, 5.41) is 2.66. The van der Waals surface area contributed by atoms with Gasteiger partial charge in [0, 0.05) is 61.6 Å². The van der Waals surface area contributed by atoms with Crippen LogP contribution in [0.5, 0.6) is 5.75 Å². The summed E-state index contributed by atoms with van der Waals surface area (Å²) in [6, 6.07) is 6.64. The molecule has 1 N–H and O–H groups in total. The van der Waals surface area contributed by atoms with E-state index in [9.17, 15) is 18.0 Å². The molecule has 1 fully saturated rings. The predicted molar refractivity (Wildman–Crippen MR) is 116 cm³/mol. The van der Waals surface area contributed by atoms with E-state index in [1.54, 1.807) is 18.5 Å².